The summed E-state index contributed by atoms with van der Waals surface area (Å²) in [6.07, 6.45) is 4.15. The molecule has 4 rings (SSSR count). The summed E-state index contributed by atoms with van der Waals surface area (Å²) in [6.45, 7) is 7.31. The van der Waals surface area contributed by atoms with Crippen LogP contribution >= 0.6 is 0 Å². The van der Waals surface area contributed by atoms with E-state index in [0.717, 1.165) is 36.0 Å². The molecule has 0 aliphatic heterocycles. The molecule has 0 spiro atoms. The van der Waals surface area contributed by atoms with Crippen LogP contribution in [0.2, 0.25) is 0 Å². The van der Waals surface area contributed by atoms with Crippen molar-refractivity contribution < 1.29 is 19.1 Å². The number of para-hydroxylation sites is 1. The molecule has 2 aromatic carbocycles. The molecule has 8 nitrogen and oxygen atoms in total. The highest BCUT2D eigenvalue weighted by Gasteiger charge is 2.31. The molecule has 2 atom stereocenters. The fraction of sp³-hybridized carbons (Fsp3) is 0.370. The number of hydrogen-bond donors (Lipinski definition) is 0. The molecule has 1 aliphatic rings. The van der Waals surface area contributed by atoms with Crippen molar-refractivity contribution in [2.45, 2.75) is 53.6 Å². The number of aryl methyl sites for hydroxylation is 1. The summed E-state index contributed by atoms with van der Waals surface area (Å²) >= 11 is 0. The number of hydrogen-bond acceptors (Lipinski definition) is 7. The second-order valence-corrected chi connectivity index (χ2v) is 9.05. The molecule has 3 aromatic rings. The van der Waals surface area contributed by atoms with Crippen LogP contribution in [0.5, 0.6) is 5.75 Å². The Balaban J connectivity index is 1.42. The van der Waals surface area contributed by atoms with Gasteiger partial charge in [-0.1, -0.05) is 24.3 Å². The fourth-order valence-electron chi connectivity index (χ4n) is 4.73. The van der Waals surface area contributed by atoms with Crippen molar-refractivity contribution in [3.05, 3.63) is 70.0 Å². The number of nitriles is 1. The molecule has 8 heteroatoms. The van der Waals surface area contributed by atoms with Crippen LogP contribution in [0.1, 0.15) is 53.8 Å². The summed E-state index contributed by atoms with van der Waals surface area (Å²) in [5.41, 5.74) is 6.12. The van der Waals surface area contributed by atoms with Crippen molar-refractivity contribution in [2.75, 3.05) is 0 Å². The first-order chi connectivity index (χ1) is 16.8. The molecule has 0 saturated heterocycles. The molecule has 180 valence electrons. The van der Waals surface area contributed by atoms with Crippen molar-refractivity contribution in [3.8, 4) is 17.5 Å². The van der Waals surface area contributed by atoms with Gasteiger partial charge < -0.3 is 9.47 Å². The summed E-state index contributed by atoms with van der Waals surface area (Å²) < 4.78 is 12.5. The third kappa shape index (κ3) is 5.09. The number of fused-ring (bicyclic) bond motifs is 1. The van der Waals surface area contributed by atoms with E-state index in [0.29, 0.717) is 22.7 Å². The van der Waals surface area contributed by atoms with E-state index in [1.54, 1.807) is 24.4 Å². The molecular formula is C27H28N4O4. The summed E-state index contributed by atoms with van der Waals surface area (Å²) in [4.78, 5) is 24.4. The van der Waals surface area contributed by atoms with Crippen LogP contribution in [0.25, 0.3) is 5.69 Å². The van der Waals surface area contributed by atoms with Gasteiger partial charge in [0, 0.05) is 6.92 Å². The number of ether oxygens (including phenoxy) is 2. The van der Waals surface area contributed by atoms with Crippen LogP contribution in [-0.2, 0) is 33.8 Å². The largest absolute Gasteiger partial charge is 0.459 e. The Morgan fingerprint density at radius 1 is 1.26 bits per heavy atom. The normalized spacial score (nSPS) is 15.6. The number of carbonyl (C=O) groups excluding carboxylic acids is 2. The minimum absolute atomic E-state index is 0.00986. The Bertz CT molecular complexity index is 1320. The standard InChI is InChI=1S/C27H28N4O4/c1-16-11-26(35-19(4)32)18(3)24-12-20(9-10-23(16)24)17(2)27(33)34-15-22-14-31(30-29-22)25-8-6-5-7-21(25)13-28/h5-8,11,14,17,20H,9-10,12,15H2,1-4H3/t17-,20-/m1/s1. The van der Waals surface area contributed by atoms with Crippen molar-refractivity contribution in [3.63, 3.8) is 0 Å². The first kappa shape index (κ1) is 24.1. The second kappa shape index (κ2) is 10.1. The van der Waals surface area contributed by atoms with Crippen molar-refractivity contribution in [2.24, 2.45) is 11.8 Å². The Labute approximate surface area is 204 Å². The van der Waals surface area contributed by atoms with E-state index in [-0.39, 0.29) is 30.4 Å². The Hall–Kier alpha value is -3.99. The minimum Gasteiger partial charge on any atom is -0.459 e. The molecule has 0 unspecified atom stereocenters. The average molecular weight is 473 g/mol. The van der Waals surface area contributed by atoms with E-state index >= 15 is 0 Å². The van der Waals surface area contributed by atoms with Gasteiger partial charge in [-0.25, -0.2) is 4.68 Å². The van der Waals surface area contributed by atoms with Crippen LogP contribution < -0.4 is 4.74 Å². The van der Waals surface area contributed by atoms with Gasteiger partial charge in [-0.2, -0.15) is 5.26 Å². The minimum atomic E-state index is -0.343. The van der Waals surface area contributed by atoms with Gasteiger partial charge in [-0.05, 0) is 79.5 Å². The molecule has 35 heavy (non-hydrogen) atoms. The maximum atomic E-state index is 12.9. The first-order valence-corrected chi connectivity index (χ1v) is 11.7. The molecule has 1 aliphatic carbocycles. The molecule has 0 amide bonds. The van der Waals surface area contributed by atoms with Crippen molar-refractivity contribution in [1.29, 1.82) is 5.26 Å². The maximum Gasteiger partial charge on any atom is 0.309 e. The van der Waals surface area contributed by atoms with Crippen LogP contribution in [0.3, 0.4) is 0 Å². The highest BCUT2D eigenvalue weighted by atomic mass is 16.5. The Kier molecular flexibility index (Phi) is 6.97. The monoisotopic (exact) mass is 472 g/mol. The number of esters is 2. The molecule has 0 N–H and O–H groups in total. The van der Waals surface area contributed by atoms with Crippen LogP contribution in [-0.4, -0.2) is 26.9 Å². The van der Waals surface area contributed by atoms with E-state index in [4.69, 9.17) is 9.47 Å². The lowest BCUT2D eigenvalue weighted by molar-refractivity contribution is -0.151. The number of carbonyl (C=O) groups is 2. The molecule has 1 aromatic heterocycles. The number of nitrogens with zero attached hydrogens (tertiary/aromatic N) is 4. The van der Waals surface area contributed by atoms with Gasteiger partial charge in [0.25, 0.3) is 0 Å². The third-order valence-corrected chi connectivity index (χ3v) is 6.75. The van der Waals surface area contributed by atoms with Crippen molar-refractivity contribution in [1.82, 2.24) is 15.0 Å². The summed E-state index contributed by atoms with van der Waals surface area (Å²) in [7, 11) is 0. The highest BCUT2D eigenvalue weighted by molar-refractivity contribution is 5.73. The molecule has 0 fully saturated rings. The van der Waals surface area contributed by atoms with Gasteiger partial charge in [-0.3, -0.25) is 9.59 Å². The molecule has 0 radical (unpaired) electrons. The third-order valence-electron chi connectivity index (χ3n) is 6.75. The lowest BCUT2D eigenvalue weighted by Crippen LogP contribution is -2.29. The SMILES string of the molecule is CC(=O)Oc1cc(C)c2c(c1C)C[C@H]([C@@H](C)C(=O)OCc1cn(-c3ccccc3C#N)nn1)CC2. The lowest BCUT2D eigenvalue weighted by Gasteiger charge is -2.31. The zero-order valence-corrected chi connectivity index (χ0v) is 20.4. The number of aromatic nitrogens is 3. The molecular weight excluding hydrogens is 444 g/mol. The van der Waals surface area contributed by atoms with E-state index in [2.05, 4.69) is 16.4 Å². The van der Waals surface area contributed by atoms with E-state index in [1.807, 2.05) is 32.9 Å². The quantitative estimate of drug-likeness (QED) is 0.391. The topological polar surface area (TPSA) is 107 Å². The highest BCUT2D eigenvalue weighted by Crippen LogP contribution is 2.38. The van der Waals surface area contributed by atoms with Gasteiger partial charge in [-0.15, -0.1) is 5.10 Å². The Morgan fingerprint density at radius 2 is 2.03 bits per heavy atom. The van der Waals surface area contributed by atoms with E-state index in [1.165, 1.54) is 17.2 Å². The van der Waals surface area contributed by atoms with Gasteiger partial charge in [0.05, 0.1) is 23.4 Å². The van der Waals surface area contributed by atoms with Gasteiger partial charge in [0.15, 0.2) is 0 Å². The second-order valence-electron chi connectivity index (χ2n) is 9.05. The Morgan fingerprint density at radius 3 is 2.77 bits per heavy atom. The molecule has 0 saturated carbocycles. The predicted molar refractivity (Wildman–Crippen MR) is 128 cm³/mol. The summed E-state index contributed by atoms with van der Waals surface area (Å²) in [5.74, 6) is -0.208. The number of rotatable bonds is 6. The molecule has 0 bridgehead atoms. The maximum absolute atomic E-state index is 12.9. The van der Waals surface area contributed by atoms with Crippen LogP contribution in [0, 0.1) is 37.0 Å². The van der Waals surface area contributed by atoms with Gasteiger partial charge in [0.1, 0.15) is 24.1 Å². The van der Waals surface area contributed by atoms with Crippen LogP contribution in [0.15, 0.2) is 36.5 Å². The predicted octanol–water partition coefficient (Wildman–Crippen LogP) is 4.17. The lowest BCUT2D eigenvalue weighted by atomic mass is 9.75. The van der Waals surface area contributed by atoms with E-state index < -0.39 is 0 Å². The van der Waals surface area contributed by atoms with Crippen LogP contribution in [0.4, 0.5) is 0 Å². The summed E-state index contributed by atoms with van der Waals surface area (Å²) in [5, 5.41) is 17.4. The van der Waals surface area contributed by atoms with Gasteiger partial charge in [0.2, 0.25) is 0 Å². The van der Waals surface area contributed by atoms with Gasteiger partial charge >= 0.3 is 11.9 Å². The zero-order chi connectivity index (χ0) is 25.1. The molecule has 1 heterocycles. The zero-order valence-electron chi connectivity index (χ0n) is 20.4. The fourth-order valence-corrected chi connectivity index (χ4v) is 4.73. The number of benzene rings is 2. The smallest absolute Gasteiger partial charge is 0.309 e. The average Bonchev–Trinajstić information content (AvgIpc) is 3.33. The van der Waals surface area contributed by atoms with Crippen molar-refractivity contribution >= 4 is 11.9 Å². The first-order valence-electron chi connectivity index (χ1n) is 11.7. The van der Waals surface area contributed by atoms with E-state index in [9.17, 15) is 14.9 Å². The summed E-state index contributed by atoms with van der Waals surface area (Å²) in [6, 6.07) is 11.2.